The molecule has 0 bridgehead atoms. The number of nitrogens with one attached hydrogen (secondary N) is 2. The largest absolute Gasteiger partial charge is 0.444 e. The number of methoxy groups -OCH3 is 1. The molecular formula is C45H51N3O4S. The van der Waals surface area contributed by atoms with E-state index in [1.165, 1.54) is 0 Å². The summed E-state index contributed by atoms with van der Waals surface area (Å²) < 4.78 is 11.0. The van der Waals surface area contributed by atoms with Gasteiger partial charge in [-0.2, -0.15) is 0 Å². The molecule has 0 spiro atoms. The molecule has 2 amide bonds. The van der Waals surface area contributed by atoms with Gasteiger partial charge >= 0.3 is 6.09 Å². The van der Waals surface area contributed by atoms with Crippen LogP contribution >= 0.6 is 11.8 Å². The van der Waals surface area contributed by atoms with Crippen LogP contribution in [0, 0.1) is 0 Å². The Balaban J connectivity index is 1.58. The molecule has 0 aromatic heterocycles. The third-order valence-corrected chi connectivity index (χ3v) is 11.9. The molecule has 1 aliphatic heterocycles. The monoisotopic (exact) mass is 729 g/mol. The number of carbonyl (C=O) groups excluding carboxylic acids is 2. The van der Waals surface area contributed by atoms with E-state index in [1.54, 1.807) is 7.11 Å². The molecule has 1 saturated heterocycles. The van der Waals surface area contributed by atoms with Gasteiger partial charge < -0.3 is 19.7 Å². The first-order valence-corrected chi connectivity index (χ1v) is 19.4. The Hall–Kier alpha value is -4.63. The van der Waals surface area contributed by atoms with E-state index in [9.17, 15) is 4.79 Å². The van der Waals surface area contributed by atoms with Gasteiger partial charge in [0.1, 0.15) is 11.3 Å². The second-order valence-electron chi connectivity index (χ2n) is 14.6. The summed E-state index contributed by atoms with van der Waals surface area (Å²) in [5, 5.41) is 8.72. The normalized spacial score (nSPS) is 18.4. The zero-order valence-corrected chi connectivity index (χ0v) is 32.2. The molecule has 3 atom stereocenters. The van der Waals surface area contributed by atoms with E-state index in [0.29, 0.717) is 38.1 Å². The quantitative estimate of drug-likeness (QED) is 0.125. The Labute approximate surface area is 318 Å². The number of hydrogen-bond acceptors (Lipinski definition) is 6. The van der Waals surface area contributed by atoms with Crippen LogP contribution in [-0.2, 0) is 14.2 Å². The van der Waals surface area contributed by atoms with Crippen molar-refractivity contribution in [3.8, 4) is 0 Å². The van der Waals surface area contributed by atoms with Gasteiger partial charge in [-0.3, -0.25) is 10.1 Å². The summed E-state index contributed by atoms with van der Waals surface area (Å²) in [6.45, 7) is 9.00. The van der Waals surface area contributed by atoms with Gasteiger partial charge in [0.15, 0.2) is 0 Å². The van der Waals surface area contributed by atoms with Crippen LogP contribution in [0.4, 0.5) is 4.79 Å². The number of piperazine rings is 1. The molecule has 6 rings (SSSR count). The highest BCUT2D eigenvalue weighted by Gasteiger charge is 2.53. The first-order chi connectivity index (χ1) is 25.6. The molecule has 5 aromatic rings. The standard InChI is InChI=1S/C45H51N3O4S/c1-6-39(53-45(34-21-10-7-11-22-34,35-23-12-8-13-24-35)36-25-14-9-15-26-36)40-44(29-32-51-5,47-42(50)52-43(2,3)4)46-30-31-48(40)41(49)38-28-18-20-33-19-16-17-27-37(33)38/h7-28,39-40,46H,6,29-32H2,1-5H3,(H,47,50). The molecule has 53 heavy (non-hydrogen) atoms. The fourth-order valence-corrected chi connectivity index (χ4v) is 9.65. The maximum absolute atomic E-state index is 15.2. The SMILES string of the molecule is CCC(SC(c1ccccc1)(c1ccccc1)c1ccccc1)C1N(C(=O)c2cccc3ccccc23)CCNC1(CCOC)NC(=O)OC(C)(C)C. The van der Waals surface area contributed by atoms with Crippen LogP contribution in [0.1, 0.15) is 67.6 Å². The minimum absolute atomic E-state index is 0.0788. The predicted octanol–water partition coefficient (Wildman–Crippen LogP) is 9.02. The molecule has 0 radical (unpaired) electrons. The summed E-state index contributed by atoms with van der Waals surface area (Å²) in [4.78, 5) is 31.1. The molecular weight excluding hydrogens is 679 g/mol. The van der Waals surface area contributed by atoms with Crippen LogP contribution in [0.5, 0.6) is 0 Å². The molecule has 2 N–H and O–H groups in total. The van der Waals surface area contributed by atoms with Gasteiger partial charge in [-0.15, -0.1) is 11.8 Å². The van der Waals surface area contributed by atoms with Crippen LogP contribution in [0.15, 0.2) is 133 Å². The van der Waals surface area contributed by atoms with Crippen molar-refractivity contribution in [2.75, 3.05) is 26.8 Å². The summed E-state index contributed by atoms with van der Waals surface area (Å²) in [6.07, 6.45) is 0.541. The van der Waals surface area contributed by atoms with E-state index in [0.717, 1.165) is 27.5 Å². The molecule has 0 aliphatic carbocycles. The van der Waals surface area contributed by atoms with E-state index in [1.807, 2.05) is 98.1 Å². The number of amides is 2. The number of carbonyl (C=O) groups is 2. The van der Waals surface area contributed by atoms with Gasteiger partial charge in [0, 0.05) is 44.0 Å². The molecule has 5 aromatic carbocycles. The lowest BCUT2D eigenvalue weighted by atomic mass is 9.84. The Morgan fingerprint density at radius 2 is 1.38 bits per heavy atom. The number of nitrogens with zero attached hydrogens (tertiary/aromatic N) is 1. The zero-order valence-electron chi connectivity index (χ0n) is 31.4. The molecule has 3 unspecified atom stereocenters. The van der Waals surface area contributed by atoms with Crippen molar-refractivity contribution < 1.29 is 19.1 Å². The lowest BCUT2D eigenvalue weighted by Gasteiger charge is -2.54. The topological polar surface area (TPSA) is 79.9 Å². The Morgan fingerprint density at radius 1 is 0.830 bits per heavy atom. The van der Waals surface area contributed by atoms with Gasteiger partial charge in [0.05, 0.1) is 10.8 Å². The fourth-order valence-electron chi connectivity index (χ4n) is 7.71. The predicted molar refractivity (Wildman–Crippen MR) is 216 cm³/mol. The molecule has 7 nitrogen and oxygen atoms in total. The minimum Gasteiger partial charge on any atom is -0.444 e. The maximum atomic E-state index is 15.2. The second kappa shape index (κ2) is 16.6. The Bertz CT molecular complexity index is 1870. The van der Waals surface area contributed by atoms with Crippen molar-refractivity contribution in [3.63, 3.8) is 0 Å². The van der Waals surface area contributed by atoms with Gasteiger partial charge in [0.2, 0.25) is 0 Å². The van der Waals surface area contributed by atoms with Crippen LogP contribution in [0.3, 0.4) is 0 Å². The number of ether oxygens (including phenoxy) is 2. The van der Waals surface area contributed by atoms with Crippen molar-refractivity contribution in [2.24, 2.45) is 0 Å². The van der Waals surface area contributed by atoms with Crippen LogP contribution in [-0.4, -0.2) is 66.3 Å². The summed E-state index contributed by atoms with van der Waals surface area (Å²) >= 11 is 1.83. The number of alkyl carbamates (subject to hydrolysis) is 1. The van der Waals surface area contributed by atoms with Gasteiger partial charge in [-0.05, 0) is 60.7 Å². The van der Waals surface area contributed by atoms with E-state index < -0.39 is 28.1 Å². The third kappa shape index (κ3) is 8.15. The van der Waals surface area contributed by atoms with E-state index in [4.69, 9.17) is 9.47 Å². The van der Waals surface area contributed by atoms with E-state index in [-0.39, 0.29) is 11.2 Å². The number of thioether (sulfide) groups is 1. The fraction of sp³-hybridized carbons (Fsp3) is 0.333. The first-order valence-electron chi connectivity index (χ1n) is 18.5. The summed E-state index contributed by atoms with van der Waals surface area (Å²) in [5.41, 5.74) is 2.18. The molecule has 1 aliphatic rings. The van der Waals surface area contributed by atoms with Gasteiger partial charge in [-0.1, -0.05) is 134 Å². The van der Waals surface area contributed by atoms with E-state index in [2.05, 4.69) is 90.4 Å². The van der Waals surface area contributed by atoms with Gasteiger partial charge in [0.25, 0.3) is 5.91 Å². The molecule has 276 valence electrons. The van der Waals surface area contributed by atoms with Crippen molar-refractivity contribution in [1.29, 1.82) is 0 Å². The highest BCUT2D eigenvalue weighted by Crippen LogP contribution is 2.53. The molecule has 8 heteroatoms. The number of rotatable bonds is 12. The summed E-state index contributed by atoms with van der Waals surface area (Å²) in [5.74, 6) is -0.0788. The highest BCUT2D eigenvalue weighted by molar-refractivity contribution is 8.01. The highest BCUT2D eigenvalue weighted by atomic mass is 32.2. The lowest BCUT2D eigenvalue weighted by Crippen LogP contribution is -2.77. The Morgan fingerprint density at radius 3 is 1.92 bits per heavy atom. The van der Waals surface area contributed by atoms with Crippen molar-refractivity contribution in [3.05, 3.63) is 156 Å². The third-order valence-electron chi connectivity index (χ3n) is 9.96. The van der Waals surface area contributed by atoms with Crippen molar-refractivity contribution in [2.45, 2.75) is 67.8 Å². The number of benzene rings is 5. The molecule has 1 heterocycles. The Kier molecular flexibility index (Phi) is 11.9. The minimum atomic E-state index is -1.10. The summed E-state index contributed by atoms with van der Waals surface area (Å²) in [7, 11) is 1.66. The maximum Gasteiger partial charge on any atom is 0.409 e. The smallest absolute Gasteiger partial charge is 0.409 e. The van der Waals surface area contributed by atoms with Crippen LogP contribution in [0.2, 0.25) is 0 Å². The van der Waals surface area contributed by atoms with Crippen molar-refractivity contribution >= 4 is 34.5 Å². The zero-order chi connectivity index (χ0) is 37.5. The first kappa shape index (κ1) is 38.1. The van der Waals surface area contributed by atoms with Crippen LogP contribution < -0.4 is 10.6 Å². The van der Waals surface area contributed by atoms with Crippen LogP contribution in [0.25, 0.3) is 10.8 Å². The average Bonchev–Trinajstić information content (AvgIpc) is 3.17. The molecule has 1 fully saturated rings. The summed E-state index contributed by atoms with van der Waals surface area (Å²) in [6, 6.07) is 45.2. The van der Waals surface area contributed by atoms with Gasteiger partial charge in [-0.25, -0.2) is 4.79 Å². The lowest BCUT2D eigenvalue weighted by molar-refractivity contribution is -0.00281. The van der Waals surface area contributed by atoms with Crippen molar-refractivity contribution in [1.82, 2.24) is 15.5 Å². The second-order valence-corrected chi connectivity index (χ2v) is 16.0. The molecule has 0 saturated carbocycles. The number of fused-ring (bicyclic) bond motifs is 1. The number of hydrogen-bond donors (Lipinski definition) is 2. The van der Waals surface area contributed by atoms with E-state index >= 15 is 4.79 Å². The average molecular weight is 730 g/mol.